The van der Waals surface area contributed by atoms with Crippen LogP contribution in [0.4, 0.5) is 0 Å². The minimum atomic E-state index is -1.55. The highest BCUT2D eigenvalue weighted by Gasteiger charge is 2.49. The highest BCUT2D eigenvalue weighted by Crippen LogP contribution is 2.27. The maximum atomic E-state index is 10.2. The van der Waals surface area contributed by atoms with Crippen molar-refractivity contribution in [3.8, 4) is 0 Å². The molecule has 1 fully saturated rings. The maximum Gasteiger partial charge on any atom is 0.221 e. The van der Waals surface area contributed by atoms with Gasteiger partial charge in [0.25, 0.3) is 0 Å². The number of aliphatic hydroxyl groups excluding tert-OH is 3. The Morgan fingerprint density at radius 2 is 1.23 bits per heavy atom. The predicted molar refractivity (Wildman–Crippen MR) is 121 cm³/mol. The Bertz CT molecular complexity index is 398. The fraction of sp³-hybridized carbons (Fsp3) is 1.00. The van der Waals surface area contributed by atoms with Gasteiger partial charge in [-0.3, -0.25) is 0 Å². The number of aliphatic hydroxyl groups is 3. The van der Waals surface area contributed by atoms with Gasteiger partial charge in [0.1, 0.15) is 18.8 Å². The van der Waals surface area contributed by atoms with Crippen molar-refractivity contribution in [2.24, 2.45) is 5.73 Å². The monoisotopic (exact) mass is 431 g/mol. The lowest BCUT2D eigenvalue weighted by Gasteiger charge is -2.44. The molecule has 0 bridgehead atoms. The summed E-state index contributed by atoms with van der Waals surface area (Å²) in [4.78, 5) is 0. The molecule has 5 N–H and O–H groups in total. The van der Waals surface area contributed by atoms with Crippen LogP contribution in [-0.4, -0.2) is 59.2 Å². The van der Waals surface area contributed by atoms with Gasteiger partial charge in [-0.2, -0.15) is 0 Å². The number of rotatable bonds is 19. The van der Waals surface area contributed by atoms with E-state index in [4.69, 9.17) is 15.2 Å². The maximum absolute atomic E-state index is 10.2. The first-order valence-corrected chi connectivity index (χ1v) is 12.6. The lowest BCUT2D eigenvalue weighted by molar-refractivity contribution is -0.335. The van der Waals surface area contributed by atoms with Crippen LogP contribution < -0.4 is 5.73 Å². The van der Waals surface area contributed by atoms with Crippen molar-refractivity contribution < 1.29 is 24.8 Å². The lowest BCUT2D eigenvalue weighted by Crippen LogP contribution is -2.65. The molecule has 1 saturated heterocycles. The summed E-state index contributed by atoms with van der Waals surface area (Å²) < 4.78 is 11.1. The van der Waals surface area contributed by atoms with Crippen molar-refractivity contribution in [1.29, 1.82) is 0 Å². The van der Waals surface area contributed by atoms with Crippen LogP contribution in [-0.2, 0) is 9.47 Å². The molecule has 1 aliphatic heterocycles. The Balaban J connectivity index is 1.89. The van der Waals surface area contributed by atoms with E-state index in [1.54, 1.807) is 0 Å². The fourth-order valence-electron chi connectivity index (χ4n) is 4.12. The zero-order chi connectivity index (χ0) is 22.1. The Hall–Kier alpha value is -0.240. The second-order valence-electron chi connectivity index (χ2n) is 9.03. The predicted octanol–water partition coefficient (Wildman–Crippen LogP) is 4.03. The fourth-order valence-corrected chi connectivity index (χ4v) is 4.12. The Morgan fingerprint density at radius 1 is 0.800 bits per heavy atom. The largest absolute Gasteiger partial charge is 0.391 e. The molecule has 6 heteroatoms. The number of hydrogen-bond donors (Lipinski definition) is 4. The van der Waals surface area contributed by atoms with Crippen molar-refractivity contribution in [3.05, 3.63) is 0 Å². The van der Waals surface area contributed by atoms with Crippen LogP contribution in [0.5, 0.6) is 0 Å². The van der Waals surface area contributed by atoms with Crippen molar-refractivity contribution in [2.45, 2.75) is 134 Å². The number of unbranched alkanes of at least 4 members (excludes halogenated alkanes) is 15. The molecule has 1 heterocycles. The summed E-state index contributed by atoms with van der Waals surface area (Å²) in [5.74, 6) is -1.55. The highest BCUT2D eigenvalue weighted by molar-refractivity contribution is 4.94. The molecule has 0 spiro atoms. The van der Waals surface area contributed by atoms with Crippen molar-refractivity contribution in [2.75, 3.05) is 19.8 Å². The van der Waals surface area contributed by atoms with Gasteiger partial charge in [0.2, 0.25) is 5.79 Å². The first-order valence-electron chi connectivity index (χ1n) is 12.6. The SMILES string of the molecule is CCCCCCCCCCCCCCCCCCO[C@]1(CO)OC[C@@H](N)[C@@H](O)[C@@H]1O. The van der Waals surface area contributed by atoms with Crippen LogP contribution in [0.25, 0.3) is 0 Å². The minimum absolute atomic E-state index is 0.0533. The van der Waals surface area contributed by atoms with Gasteiger partial charge in [-0.15, -0.1) is 0 Å². The van der Waals surface area contributed by atoms with Gasteiger partial charge in [0.05, 0.1) is 19.3 Å². The average Bonchev–Trinajstić information content (AvgIpc) is 2.76. The van der Waals surface area contributed by atoms with E-state index in [1.165, 1.54) is 89.9 Å². The molecule has 180 valence electrons. The van der Waals surface area contributed by atoms with E-state index < -0.39 is 30.6 Å². The third kappa shape index (κ3) is 10.9. The van der Waals surface area contributed by atoms with E-state index in [9.17, 15) is 15.3 Å². The molecular weight excluding hydrogens is 382 g/mol. The normalized spacial score (nSPS) is 26.9. The smallest absolute Gasteiger partial charge is 0.221 e. The molecule has 1 aliphatic rings. The van der Waals surface area contributed by atoms with E-state index in [-0.39, 0.29) is 6.61 Å². The molecule has 0 amide bonds. The van der Waals surface area contributed by atoms with Gasteiger partial charge in [-0.05, 0) is 6.42 Å². The summed E-state index contributed by atoms with van der Waals surface area (Å²) in [6.45, 7) is 2.21. The first kappa shape index (κ1) is 27.8. The lowest BCUT2D eigenvalue weighted by atomic mass is 9.96. The van der Waals surface area contributed by atoms with Gasteiger partial charge in [-0.1, -0.05) is 103 Å². The Labute approximate surface area is 184 Å². The second-order valence-corrected chi connectivity index (χ2v) is 9.03. The summed E-state index contributed by atoms with van der Waals surface area (Å²) in [7, 11) is 0. The molecule has 0 aromatic rings. The molecule has 0 aromatic heterocycles. The van der Waals surface area contributed by atoms with Gasteiger partial charge in [0, 0.05) is 0 Å². The third-order valence-corrected chi connectivity index (χ3v) is 6.30. The summed E-state index contributed by atoms with van der Waals surface area (Å²) >= 11 is 0. The summed E-state index contributed by atoms with van der Waals surface area (Å²) in [5.41, 5.74) is 5.67. The zero-order valence-corrected chi connectivity index (χ0v) is 19.4. The van der Waals surface area contributed by atoms with Gasteiger partial charge >= 0.3 is 0 Å². The molecular formula is C24H49NO5. The molecule has 30 heavy (non-hydrogen) atoms. The third-order valence-electron chi connectivity index (χ3n) is 6.30. The minimum Gasteiger partial charge on any atom is -0.391 e. The van der Waals surface area contributed by atoms with Crippen LogP contribution in [0.2, 0.25) is 0 Å². The van der Waals surface area contributed by atoms with Crippen LogP contribution in [0.15, 0.2) is 0 Å². The number of ether oxygens (including phenoxy) is 2. The standard InChI is InChI=1S/C24H49NO5/c1-2-3-4-5-6-7-8-9-10-11-12-13-14-15-16-17-18-29-24(20-26)23(28)22(27)21(25)19-30-24/h21-23,26-28H,2-20,25H2,1H3/t21-,22-,23+,24-/m1/s1. The van der Waals surface area contributed by atoms with Crippen LogP contribution >= 0.6 is 0 Å². The molecule has 0 radical (unpaired) electrons. The molecule has 0 aromatic carbocycles. The number of nitrogens with two attached hydrogens (primary N) is 1. The summed E-state index contributed by atoms with van der Waals surface area (Å²) in [6, 6.07) is -0.668. The second kappa shape index (κ2) is 17.3. The van der Waals surface area contributed by atoms with Crippen molar-refractivity contribution >= 4 is 0 Å². The zero-order valence-electron chi connectivity index (χ0n) is 19.4. The van der Waals surface area contributed by atoms with Gasteiger partial charge in [0.15, 0.2) is 0 Å². The molecule has 0 saturated carbocycles. The quantitative estimate of drug-likeness (QED) is 0.230. The summed E-state index contributed by atoms with van der Waals surface area (Å²) in [6.07, 6.45) is 18.4. The average molecular weight is 432 g/mol. The van der Waals surface area contributed by atoms with Crippen LogP contribution in [0.3, 0.4) is 0 Å². The molecule has 6 nitrogen and oxygen atoms in total. The summed E-state index contributed by atoms with van der Waals surface area (Å²) in [5, 5.41) is 29.7. The van der Waals surface area contributed by atoms with Gasteiger partial charge in [-0.25, -0.2) is 0 Å². The topological polar surface area (TPSA) is 105 Å². The Morgan fingerprint density at radius 3 is 1.67 bits per heavy atom. The molecule has 0 aliphatic carbocycles. The highest BCUT2D eigenvalue weighted by atomic mass is 16.7. The molecule has 4 atom stereocenters. The number of hydrogen-bond acceptors (Lipinski definition) is 6. The first-order chi connectivity index (χ1) is 14.6. The van der Waals surface area contributed by atoms with E-state index in [1.807, 2.05) is 0 Å². The van der Waals surface area contributed by atoms with Crippen LogP contribution in [0, 0.1) is 0 Å². The van der Waals surface area contributed by atoms with E-state index in [0.717, 1.165) is 12.8 Å². The van der Waals surface area contributed by atoms with E-state index in [2.05, 4.69) is 6.92 Å². The van der Waals surface area contributed by atoms with E-state index in [0.29, 0.717) is 6.61 Å². The van der Waals surface area contributed by atoms with Crippen LogP contribution in [0.1, 0.15) is 110 Å². The molecule has 1 rings (SSSR count). The van der Waals surface area contributed by atoms with Crippen molar-refractivity contribution in [1.82, 2.24) is 0 Å². The Kier molecular flexibility index (Phi) is 16.1. The van der Waals surface area contributed by atoms with Crippen molar-refractivity contribution in [3.63, 3.8) is 0 Å². The van der Waals surface area contributed by atoms with Gasteiger partial charge < -0.3 is 30.5 Å². The molecule has 0 unspecified atom stereocenters. The van der Waals surface area contributed by atoms with E-state index >= 15 is 0 Å².